The third-order valence-corrected chi connectivity index (χ3v) is 7.51. The van der Waals surface area contributed by atoms with Crippen molar-refractivity contribution in [1.29, 1.82) is 0 Å². The van der Waals surface area contributed by atoms with E-state index in [1.165, 1.54) is 22.3 Å². The van der Waals surface area contributed by atoms with E-state index in [0.29, 0.717) is 56.7 Å². The van der Waals surface area contributed by atoms with Crippen molar-refractivity contribution in [2.75, 3.05) is 23.4 Å². The van der Waals surface area contributed by atoms with Crippen molar-refractivity contribution in [2.24, 2.45) is 0 Å². The van der Waals surface area contributed by atoms with E-state index in [2.05, 4.69) is 15.6 Å². The molecule has 0 saturated carbocycles. The van der Waals surface area contributed by atoms with Gasteiger partial charge in [0.2, 0.25) is 0 Å². The normalized spacial score (nSPS) is 16.5. The Kier molecular flexibility index (Phi) is 7.24. The molecule has 0 radical (unpaired) electrons. The molecule has 8 nitrogen and oxygen atoms in total. The van der Waals surface area contributed by atoms with Crippen molar-refractivity contribution in [3.63, 3.8) is 0 Å². The fourth-order valence-corrected chi connectivity index (χ4v) is 5.69. The average Bonchev–Trinajstić information content (AvgIpc) is 3.27. The SMILES string of the molecule is Cc1cc(Oc2ccccc2)c(F)cc1N1C(=O)Nc2c(C(=O)N[C@H]3CCCOC3)sc3nccc1c23.S. The van der Waals surface area contributed by atoms with Gasteiger partial charge in [-0.2, -0.15) is 13.5 Å². The Morgan fingerprint density at radius 1 is 1.24 bits per heavy atom. The third kappa shape index (κ3) is 4.68. The van der Waals surface area contributed by atoms with Crippen molar-refractivity contribution in [2.45, 2.75) is 25.8 Å². The number of carbonyl (C=O) groups is 2. The molecule has 2 aromatic carbocycles. The molecule has 1 saturated heterocycles. The van der Waals surface area contributed by atoms with Crippen LogP contribution in [0.4, 0.5) is 26.2 Å². The lowest BCUT2D eigenvalue weighted by molar-refractivity contribution is 0.0626. The molecule has 6 rings (SSSR count). The van der Waals surface area contributed by atoms with Gasteiger partial charge in [0.1, 0.15) is 15.5 Å². The first-order valence-electron chi connectivity index (χ1n) is 11.9. The summed E-state index contributed by atoms with van der Waals surface area (Å²) in [6.07, 6.45) is 3.30. The molecule has 38 heavy (non-hydrogen) atoms. The van der Waals surface area contributed by atoms with Gasteiger partial charge in [-0.1, -0.05) is 18.2 Å². The molecule has 3 amide bonds. The Morgan fingerprint density at radius 2 is 2.05 bits per heavy atom. The van der Waals surface area contributed by atoms with Gasteiger partial charge in [0, 0.05) is 18.9 Å². The fraction of sp³-hybridized carbons (Fsp3) is 0.222. The van der Waals surface area contributed by atoms with Gasteiger partial charge in [-0.15, -0.1) is 11.3 Å². The van der Waals surface area contributed by atoms with Gasteiger partial charge in [0.05, 0.1) is 35.1 Å². The number of pyridine rings is 1. The molecular weight excluding hydrogens is 527 g/mol. The summed E-state index contributed by atoms with van der Waals surface area (Å²) in [6, 6.07) is 12.9. The second kappa shape index (κ2) is 10.6. The summed E-state index contributed by atoms with van der Waals surface area (Å²) in [6.45, 7) is 2.94. The Labute approximate surface area is 229 Å². The highest BCUT2D eigenvalue weighted by Crippen LogP contribution is 2.47. The van der Waals surface area contributed by atoms with Crippen LogP contribution in [0.15, 0.2) is 54.7 Å². The average molecular weight is 553 g/mol. The molecule has 1 fully saturated rings. The Balaban J connectivity index is 0.00000294. The van der Waals surface area contributed by atoms with Gasteiger partial charge in [-0.25, -0.2) is 14.2 Å². The zero-order chi connectivity index (χ0) is 25.5. The van der Waals surface area contributed by atoms with E-state index in [-0.39, 0.29) is 31.2 Å². The molecule has 2 aliphatic heterocycles. The van der Waals surface area contributed by atoms with Crippen LogP contribution in [0.3, 0.4) is 0 Å². The van der Waals surface area contributed by atoms with E-state index in [4.69, 9.17) is 9.47 Å². The molecule has 0 spiro atoms. The number of amides is 3. The Bertz CT molecular complexity index is 1520. The number of thiophene rings is 1. The molecule has 196 valence electrons. The molecule has 4 heterocycles. The predicted octanol–water partition coefficient (Wildman–Crippen LogP) is 6.24. The predicted molar refractivity (Wildman–Crippen MR) is 150 cm³/mol. The number of aromatic nitrogens is 1. The zero-order valence-electron chi connectivity index (χ0n) is 20.4. The summed E-state index contributed by atoms with van der Waals surface area (Å²) in [7, 11) is 0. The van der Waals surface area contributed by atoms with E-state index in [9.17, 15) is 9.59 Å². The standard InChI is InChI=1S/C27H23FN4O4S.H2S/c1-15-12-21(36-17-7-3-2-4-8-17)18(28)13-20(15)32-19-9-10-29-26-22(19)23(31-27(32)34)24(37-26)25(33)30-16-6-5-11-35-14-16;/h2-4,7-10,12-13,16H,5-6,11,14H2,1H3,(H,30,33)(H,31,34);1H2/t16-;/m0./s1. The van der Waals surface area contributed by atoms with Gasteiger partial charge in [0.15, 0.2) is 11.6 Å². The number of halogens is 1. The van der Waals surface area contributed by atoms with E-state index in [1.54, 1.807) is 49.5 Å². The molecule has 2 aromatic heterocycles. The maximum atomic E-state index is 15.2. The van der Waals surface area contributed by atoms with E-state index in [0.717, 1.165) is 12.8 Å². The zero-order valence-corrected chi connectivity index (χ0v) is 22.2. The summed E-state index contributed by atoms with van der Waals surface area (Å²) in [5.41, 5.74) is 1.95. The van der Waals surface area contributed by atoms with Crippen molar-refractivity contribution in [3.8, 4) is 11.5 Å². The van der Waals surface area contributed by atoms with Crippen molar-refractivity contribution < 1.29 is 23.5 Å². The molecule has 0 aliphatic carbocycles. The number of nitrogens with one attached hydrogen (secondary N) is 2. The van der Waals surface area contributed by atoms with Crippen molar-refractivity contribution >= 4 is 64.0 Å². The number of hydrogen-bond acceptors (Lipinski definition) is 6. The van der Waals surface area contributed by atoms with Crippen LogP contribution in [0.1, 0.15) is 28.1 Å². The van der Waals surface area contributed by atoms with Crippen LogP contribution in [-0.4, -0.2) is 36.2 Å². The smallest absolute Gasteiger partial charge is 0.331 e. The van der Waals surface area contributed by atoms with Crippen LogP contribution in [0.25, 0.3) is 10.2 Å². The minimum Gasteiger partial charge on any atom is -0.454 e. The van der Waals surface area contributed by atoms with Crippen LogP contribution in [0, 0.1) is 12.7 Å². The van der Waals surface area contributed by atoms with E-state index < -0.39 is 11.8 Å². The molecular formula is C27H25FN4O4S2. The van der Waals surface area contributed by atoms with E-state index >= 15 is 4.39 Å². The first-order chi connectivity index (χ1) is 18.0. The first-order valence-corrected chi connectivity index (χ1v) is 12.8. The first kappa shape index (κ1) is 26.0. The topological polar surface area (TPSA) is 92.8 Å². The second-order valence-electron chi connectivity index (χ2n) is 8.95. The third-order valence-electron chi connectivity index (χ3n) is 6.41. The summed E-state index contributed by atoms with van der Waals surface area (Å²) in [5.74, 6) is -0.313. The largest absolute Gasteiger partial charge is 0.454 e. The lowest BCUT2D eigenvalue weighted by Gasteiger charge is -2.30. The van der Waals surface area contributed by atoms with E-state index in [1.807, 2.05) is 6.07 Å². The van der Waals surface area contributed by atoms with Crippen LogP contribution >= 0.6 is 24.8 Å². The molecule has 2 aliphatic rings. The van der Waals surface area contributed by atoms with Crippen LogP contribution in [0.2, 0.25) is 0 Å². The number of aryl methyl sites for hydroxylation is 1. The molecule has 1 atom stereocenters. The quantitative estimate of drug-likeness (QED) is 0.306. The summed E-state index contributed by atoms with van der Waals surface area (Å²) < 4.78 is 26.3. The number of urea groups is 1. The molecule has 4 aromatic rings. The minimum atomic E-state index is -0.603. The number of para-hydroxylation sites is 1. The second-order valence-corrected chi connectivity index (χ2v) is 9.95. The molecule has 0 bridgehead atoms. The summed E-state index contributed by atoms with van der Waals surface area (Å²) in [4.78, 5) is 33.3. The number of nitrogens with zero attached hydrogens (tertiary/aromatic N) is 2. The molecule has 2 N–H and O–H groups in total. The Hall–Kier alpha value is -3.67. The number of anilines is 3. The molecule has 11 heteroatoms. The number of carbonyl (C=O) groups excluding carboxylic acids is 2. The number of benzene rings is 2. The fourth-order valence-electron chi connectivity index (χ4n) is 4.67. The highest BCUT2D eigenvalue weighted by Gasteiger charge is 2.34. The monoisotopic (exact) mass is 552 g/mol. The number of ether oxygens (including phenoxy) is 2. The van der Waals surface area contributed by atoms with Crippen LogP contribution in [-0.2, 0) is 4.74 Å². The summed E-state index contributed by atoms with van der Waals surface area (Å²) in [5, 5.41) is 6.50. The summed E-state index contributed by atoms with van der Waals surface area (Å²) >= 11 is 1.21. The lowest BCUT2D eigenvalue weighted by atomic mass is 10.1. The van der Waals surface area contributed by atoms with Gasteiger partial charge >= 0.3 is 6.03 Å². The maximum Gasteiger partial charge on any atom is 0.331 e. The minimum absolute atomic E-state index is 0. The Morgan fingerprint density at radius 3 is 2.82 bits per heavy atom. The lowest BCUT2D eigenvalue weighted by Crippen LogP contribution is -2.41. The van der Waals surface area contributed by atoms with Gasteiger partial charge in [-0.05, 0) is 49.6 Å². The highest BCUT2D eigenvalue weighted by molar-refractivity contribution is 7.59. The maximum absolute atomic E-state index is 15.2. The van der Waals surface area contributed by atoms with Crippen LogP contribution in [0.5, 0.6) is 11.5 Å². The number of rotatable bonds is 5. The van der Waals surface area contributed by atoms with Crippen LogP contribution < -0.4 is 20.3 Å². The van der Waals surface area contributed by atoms with Gasteiger partial charge in [0.25, 0.3) is 5.91 Å². The number of hydrogen-bond donors (Lipinski definition) is 2. The van der Waals surface area contributed by atoms with Gasteiger partial charge in [-0.3, -0.25) is 9.69 Å². The molecule has 0 unspecified atom stereocenters. The van der Waals surface area contributed by atoms with Crippen molar-refractivity contribution in [1.82, 2.24) is 10.3 Å². The highest BCUT2D eigenvalue weighted by atomic mass is 32.1. The van der Waals surface area contributed by atoms with Gasteiger partial charge < -0.3 is 20.1 Å². The van der Waals surface area contributed by atoms with Crippen molar-refractivity contribution in [3.05, 3.63) is 71.0 Å².